The lowest BCUT2D eigenvalue weighted by Crippen LogP contribution is -2.09. The van der Waals surface area contributed by atoms with Gasteiger partial charge >= 0.3 is 0 Å². The molecule has 3 aromatic carbocycles. The van der Waals surface area contributed by atoms with Gasteiger partial charge in [0, 0.05) is 28.1 Å². The summed E-state index contributed by atoms with van der Waals surface area (Å²) < 4.78 is 6.34. The Kier molecular flexibility index (Phi) is 3.99. The first kappa shape index (κ1) is 17.9. The van der Waals surface area contributed by atoms with Crippen molar-refractivity contribution in [2.24, 2.45) is 5.41 Å². The molecule has 0 aliphatic carbocycles. The van der Waals surface area contributed by atoms with Gasteiger partial charge in [-0.1, -0.05) is 51.1 Å². The first-order valence-electron chi connectivity index (χ1n) is 10.2. The Morgan fingerprint density at radius 1 is 0.862 bits per heavy atom. The van der Waals surface area contributed by atoms with Crippen LogP contribution >= 0.6 is 0 Å². The maximum atomic E-state index is 6.34. The van der Waals surface area contributed by atoms with Gasteiger partial charge in [0.15, 0.2) is 0 Å². The molecule has 0 aliphatic heterocycles. The molecule has 2 heteroatoms. The van der Waals surface area contributed by atoms with Crippen LogP contribution in [0.5, 0.6) is 0 Å². The Morgan fingerprint density at radius 3 is 2.38 bits per heavy atom. The van der Waals surface area contributed by atoms with Crippen LogP contribution in [0, 0.1) is 12.3 Å². The molecule has 0 atom stereocenters. The van der Waals surface area contributed by atoms with Gasteiger partial charge in [0.05, 0.1) is 5.69 Å². The average Bonchev–Trinajstić information content (AvgIpc) is 3.04. The predicted octanol–water partition coefficient (Wildman–Crippen LogP) is 7.70. The first-order chi connectivity index (χ1) is 13.9. The third-order valence-corrected chi connectivity index (χ3v) is 5.59. The zero-order chi connectivity index (χ0) is 20.2. The molecule has 0 fully saturated rings. The Morgan fingerprint density at radius 2 is 1.62 bits per heavy atom. The van der Waals surface area contributed by atoms with Crippen molar-refractivity contribution < 1.29 is 4.42 Å². The standard InChI is InChI=1S/C27H25NO/c1-17-21(24-13-18(11-12-28-24)16-27(2,3)4)9-10-22-23-14-19-7-5-6-8-20(19)15-25(23)29-26(17)22/h5-15H,16H2,1-4H3. The van der Waals surface area contributed by atoms with Crippen molar-refractivity contribution in [3.05, 3.63) is 78.0 Å². The van der Waals surface area contributed by atoms with Gasteiger partial charge in [-0.25, -0.2) is 0 Å². The maximum absolute atomic E-state index is 6.34. The molecule has 0 aliphatic rings. The summed E-state index contributed by atoms with van der Waals surface area (Å²) in [6.45, 7) is 8.94. The second-order valence-electron chi connectivity index (χ2n) is 9.20. The molecule has 0 N–H and O–H groups in total. The van der Waals surface area contributed by atoms with Gasteiger partial charge in [-0.3, -0.25) is 4.98 Å². The molecule has 0 saturated heterocycles. The largest absolute Gasteiger partial charge is 0.456 e. The van der Waals surface area contributed by atoms with Gasteiger partial charge < -0.3 is 4.42 Å². The van der Waals surface area contributed by atoms with Crippen molar-refractivity contribution in [3.8, 4) is 11.3 Å². The summed E-state index contributed by atoms with van der Waals surface area (Å²) in [4.78, 5) is 4.66. The molecular weight excluding hydrogens is 354 g/mol. The Balaban J connectivity index is 1.68. The minimum absolute atomic E-state index is 0.248. The van der Waals surface area contributed by atoms with Crippen LogP contribution in [-0.4, -0.2) is 4.98 Å². The van der Waals surface area contributed by atoms with E-state index >= 15 is 0 Å². The summed E-state index contributed by atoms with van der Waals surface area (Å²) >= 11 is 0. The summed E-state index contributed by atoms with van der Waals surface area (Å²) in [6, 6.07) is 21.5. The number of pyridine rings is 1. The lowest BCUT2D eigenvalue weighted by atomic mass is 9.88. The third kappa shape index (κ3) is 3.19. The van der Waals surface area contributed by atoms with Crippen LogP contribution in [0.2, 0.25) is 0 Å². The molecule has 0 unspecified atom stereocenters. The van der Waals surface area contributed by atoms with Gasteiger partial charge in [0.25, 0.3) is 0 Å². The Hall–Kier alpha value is -3.13. The molecule has 2 nitrogen and oxygen atoms in total. The molecule has 0 saturated carbocycles. The zero-order valence-corrected chi connectivity index (χ0v) is 17.4. The van der Waals surface area contributed by atoms with E-state index in [2.05, 4.69) is 93.3 Å². The fourth-order valence-electron chi connectivity index (χ4n) is 4.28. The van der Waals surface area contributed by atoms with Crippen LogP contribution in [0.3, 0.4) is 0 Å². The predicted molar refractivity (Wildman–Crippen MR) is 122 cm³/mol. The van der Waals surface area contributed by atoms with E-state index in [0.717, 1.165) is 39.8 Å². The quantitative estimate of drug-likeness (QED) is 0.314. The number of aryl methyl sites for hydroxylation is 1. The van der Waals surface area contributed by atoms with E-state index in [-0.39, 0.29) is 5.41 Å². The molecule has 5 aromatic rings. The number of fused-ring (bicyclic) bond motifs is 4. The van der Waals surface area contributed by atoms with Gasteiger partial charge in [-0.15, -0.1) is 0 Å². The van der Waals surface area contributed by atoms with Gasteiger partial charge in [-0.05, 0) is 65.4 Å². The van der Waals surface area contributed by atoms with Crippen LogP contribution in [0.1, 0.15) is 31.9 Å². The van der Waals surface area contributed by atoms with Crippen molar-refractivity contribution in [2.45, 2.75) is 34.1 Å². The van der Waals surface area contributed by atoms with Crippen LogP contribution in [-0.2, 0) is 6.42 Å². The molecule has 5 rings (SSSR count). The van der Waals surface area contributed by atoms with Crippen molar-refractivity contribution in [1.29, 1.82) is 0 Å². The molecule has 0 amide bonds. The molecule has 2 aromatic heterocycles. The number of benzene rings is 3. The van der Waals surface area contributed by atoms with E-state index < -0.39 is 0 Å². The molecule has 29 heavy (non-hydrogen) atoms. The summed E-state index contributed by atoms with van der Waals surface area (Å²) in [7, 11) is 0. The van der Waals surface area contributed by atoms with Crippen molar-refractivity contribution in [2.75, 3.05) is 0 Å². The van der Waals surface area contributed by atoms with E-state index in [1.54, 1.807) is 0 Å². The normalized spacial score (nSPS) is 12.3. The van der Waals surface area contributed by atoms with Gasteiger partial charge in [0.2, 0.25) is 0 Å². The number of aromatic nitrogens is 1. The lowest BCUT2D eigenvalue weighted by Gasteiger charge is -2.18. The first-order valence-corrected chi connectivity index (χ1v) is 10.2. The SMILES string of the molecule is Cc1c(-c2cc(CC(C)(C)C)ccn2)ccc2c1oc1cc3ccccc3cc12. The fourth-order valence-corrected chi connectivity index (χ4v) is 4.28. The molecule has 0 radical (unpaired) electrons. The fraction of sp³-hybridized carbons (Fsp3) is 0.222. The summed E-state index contributed by atoms with van der Waals surface area (Å²) in [5, 5.41) is 4.77. The minimum atomic E-state index is 0.248. The highest BCUT2D eigenvalue weighted by Gasteiger charge is 2.16. The number of hydrogen-bond donors (Lipinski definition) is 0. The average molecular weight is 380 g/mol. The summed E-state index contributed by atoms with van der Waals surface area (Å²) in [6.07, 6.45) is 2.95. The van der Waals surface area contributed by atoms with Crippen LogP contribution < -0.4 is 0 Å². The van der Waals surface area contributed by atoms with E-state index in [1.165, 1.54) is 21.7 Å². The van der Waals surface area contributed by atoms with E-state index in [1.807, 2.05) is 6.20 Å². The molecule has 0 bridgehead atoms. The van der Waals surface area contributed by atoms with Gasteiger partial charge in [0.1, 0.15) is 11.2 Å². The van der Waals surface area contributed by atoms with Crippen molar-refractivity contribution >= 4 is 32.7 Å². The molecule has 2 heterocycles. The third-order valence-electron chi connectivity index (χ3n) is 5.59. The Labute approximate surface area is 171 Å². The second kappa shape index (κ2) is 6.45. The smallest absolute Gasteiger partial charge is 0.139 e. The summed E-state index contributed by atoms with van der Waals surface area (Å²) in [5.41, 5.74) is 6.75. The van der Waals surface area contributed by atoms with E-state index in [0.29, 0.717) is 0 Å². The number of nitrogens with zero attached hydrogens (tertiary/aromatic N) is 1. The van der Waals surface area contributed by atoms with Crippen LogP contribution in [0.25, 0.3) is 44.0 Å². The highest BCUT2D eigenvalue weighted by molar-refractivity contribution is 6.11. The number of furan rings is 1. The summed E-state index contributed by atoms with van der Waals surface area (Å²) in [5.74, 6) is 0. The van der Waals surface area contributed by atoms with Crippen molar-refractivity contribution in [1.82, 2.24) is 4.98 Å². The monoisotopic (exact) mass is 379 g/mol. The lowest BCUT2D eigenvalue weighted by molar-refractivity contribution is 0.411. The van der Waals surface area contributed by atoms with Crippen molar-refractivity contribution in [3.63, 3.8) is 0 Å². The van der Waals surface area contributed by atoms with E-state index in [9.17, 15) is 0 Å². The molecular formula is C27H25NO. The molecule has 0 spiro atoms. The van der Waals surface area contributed by atoms with Gasteiger partial charge in [-0.2, -0.15) is 0 Å². The highest BCUT2D eigenvalue weighted by Crippen LogP contribution is 2.37. The number of rotatable bonds is 2. The topological polar surface area (TPSA) is 26.0 Å². The zero-order valence-electron chi connectivity index (χ0n) is 17.4. The maximum Gasteiger partial charge on any atom is 0.139 e. The second-order valence-corrected chi connectivity index (χ2v) is 9.20. The Bertz CT molecular complexity index is 1370. The molecule has 144 valence electrons. The van der Waals surface area contributed by atoms with Crippen LogP contribution in [0.4, 0.5) is 0 Å². The minimum Gasteiger partial charge on any atom is -0.456 e. The highest BCUT2D eigenvalue weighted by atomic mass is 16.3. The van der Waals surface area contributed by atoms with Crippen LogP contribution in [0.15, 0.2) is 71.3 Å². The van der Waals surface area contributed by atoms with E-state index in [4.69, 9.17) is 4.42 Å². The number of hydrogen-bond acceptors (Lipinski definition) is 2.